The Balaban J connectivity index is 3.64. The molecule has 0 fully saturated rings. The Morgan fingerprint density at radius 1 is 0.533 bits per heavy atom. The van der Waals surface area contributed by atoms with Gasteiger partial charge in [0.15, 0.2) is 0 Å². The average molecular weight is 628 g/mol. The second kappa shape index (κ2) is 36.6. The van der Waals surface area contributed by atoms with Gasteiger partial charge in [0.25, 0.3) is 0 Å². The van der Waals surface area contributed by atoms with Crippen LogP contribution in [-0.2, 0) is 4.79 Å². The van der Waals surface area contributed by atoms with Crippen molar-refractivity contribution in [2.45, 2.75) is 187 Å². The van der Waals surface area contributed by atoms with Crippen LogP contribution >= 0.6 is 0 Å². The van der Waals surface area contributed by atoms with Gasteiger partial charge in [0.1, 0.15) is 0 Å². The lowest BCUT2D eigenvalue weighted by Gasteiger charge is -2.19. The Labute approximate surface area is 279 Å². The van der Waals surface area contributed by atoms with Crippen molar-refractivity contribution in [1.29, 1.82) is 0 Å². The summed E-state index contributed by atoms with van der Waals surface area (Å²) in [6.45, 7) is 4.23. The molecule has 2 unspecified atom stereocenters. The van der Waals surface area contributed by atoms with Gasteiger partial charge in [0, 0.05) is 6.42 Å². The number of hydrogen-bond donors (Lipinski definition) is 3. The summed E-state index contributed by atoms with van der Waals surface area (Å²) in [6.07, 6.45) is 50.3. The molecule has 0 aromatic heterocycles. The summed E-state index contributed by atoms with van der Waals surface area (Å²) in [7, 11) is 0. The molecule has 4 heteroatoms. The van der Waals surface area contributed by atoms with Crippen LogP contribution in [0.2, 0.25) is 0 Å². The topological polar surface area (TPSA) is 69.6 Å². The molecule has 0 aromatic rings. The molecule has 0 radical (unpaired) electrons. The van der Waals surface area contributed by atoms with Crippen molar-refractivity contribution in [2.75, 3.05) is 6.61 Å². The van der Waals surface area contributed by atoms with Crippen molar-refractivity contribution in [2.24, 2.45) is 0 Å². The predicted molar refractivity (Wildman–Crippen MR) is 197 cm³/mol. The van der Waals surface area contributed by atoms with Crippen molar-refractivity contribution in [3.05, 3.63) is 60.8 Å². The van der Waals surface area contributed by atoms with E-state index in [-0.39, 0.29) is 12.5 Å². The number of allylic oxidation sites excluding steroid dienone is 9. The van der Waals surface area contributed by atoms with Crippen LogP contribution in [-0.4, -0.2) is 34.9 Å². The van der Waals surface area contributed by atoms with Crippen molar-refractivity contribution in [1.82, 2.24) is 5.32 Å². The molecule has 1 amide bonds. The Kier molecular flexibility index (Phi) is 35.0. The zero-order chi connectivity index (χ0) is 32.9. The third-order valence-corrected chi connectivity index (χ3v) is 8.22. The smallest absolute Gasteiger partial charge is 0.220 e. The summed E-state index contributed by atoms with van der Waals surface area (Å²) in [4.78, 5) is 12.3. The van der Waals surface area contributed by atoms with Gasteiger partial charge in [-0.15, -0.1) is 0 Å². The van der Waals surface area contributed by atoms with Crippen molar-refractivity contribution in [3.8, 4) is 0 Å². The molecule has 2 atom stereocenters. The van der Waals surface area contributed by atoms with E-state index in [0.29, 0.717) is 6.42 Å². The number of nitrogens with one attached hydrogen (secondary N) is 1. The molecule has 0 aliphatic heterocycles. The predicted octanol–water partition coefficient (Wildman–Crippen LogP) is 11.4. The van der Waals surface area contributed by atoms with Crippen molar-refractivity contribution in [3.63, 3.8) is 0 Å². The monoisotopic (exact) mass is 628 g/mol. The lowest BCUT2D eigenvalue weighted by atomic mass is 10.1. The molecule has 0 saturated carbocycles. The molecule has 0 spiro atoms. The highest BCUT2D eigenvalue weighted by Gasteiger charge is 2.17. The lowest BCUT2D eigenvalue weighted by molar-refractivity contribution is -0.123. The molecule has 4 nitrogen and oxygen atoms in total. The third-order valence-electron chi connectivity index (χ3n) is 8.22. The molecule has 45 heavy (non-hydrogen) atoms. The second-order valence-corrected chi connectivity index (χ2v) is 12.6. The van der Waals surface area contributed by atoms with E-state index in [2.05, 4.69) is 67.8 Å². The lowest BCUT2D eigenvalue weighted by Crippen LogP contribution is -2.45. The normalized spacial score (nSPS) is 13.8. The molecular weight excluding hydrogens is 554 g/mol. The van der Waals surface area contributed by atoms with Crippen LogP contribution in [0, 0.1) is 0 Å². The first-order chi connectivity index (χ1) is 22.2. The molecule has 0 aliphatic carbocycles. The first-order valence-corrected chi connectivity index (χ1v) is 19.0. The van der Waals surface area contributed by atoms with Crippen LogP contribution < -0.4 is 5.32 Å². The maximum atomic E-state index is 12.3. The minimum absolute atomic E-state index is 0.0867. The zero-order valence-corrected chi connectivity index (χ0v) is 29.6. The fourth-order valence-corrected chi connectivity index (χ4v) is 5.26. The van der Waals surface area contributed by atoms with E-state index in [1.54, 1.807) is 6.08 Å². The van der Waals surface area contributed by atoms with E-state index in [1.165, 1.54) is 103 Å². The van der Waals surface area contributed by atoms with E-state index < -0.39 is 12.1 Å². The van der Waals surface area contributed by atoms with Gasteiger partial charge in [-0.2, -0.15) is 0 Å². The van der Waals surface area contributed by atoms with Crippen molar-refractivity contribution >= 4 is 5.91 Å². The van der Waals surface area contributed by atoms with Crippen LogP contribution in [0.4, 0.5) is 0 Å². The fraction of sp³-hybridized carbons (Fsp3) is 0.732. The fourth-order valence-electron chi connectivity index (χ4n) is 5.26. The minimum Gasteiger partial charge on any atom is -0.394 e. The van der Waals surface area contributed by atoms with Gasteiger partial charge in [-0.25, -0.2) is 0 Å². The Bertz CT molecular complexity index is 767. The molecule has 0 bridgehead atoms. The largest absolute Gasteiger partial charge is 0.394 e. The molecular formula is C41H73NO3. The molecule has 0 aromatic carbocycles. The van der Waals surface area contributed by atoms with Gasteiger partial charge >= 0.3 is 0 Å². The first kappa shape index (κ1) is 43.1. The summed E-state index contributed by atoms with van der Waals surface area (Å²) in [5.74, 6) is -0.0867. The van der Waals surface area contributed by atoms with Gasteiger partial charge in [-0.3, -0.25) is 4.79 Å². The molecule has 0 rings (SSSR count). The number of amides is 1. The van der Waals surface area contributed by atoms with Gasteiger partial charge in [-0.05, 0) is 70.6 Å². The highest BCUT2D eigenvalue weighted by Crippen LogP contribution is 2.12. The summed E-state index contributed by atoms with van der Waals surface area (Å²) >= 11 is 0. The van der Waals surface area contributed by atoms with Crippen LogP contribution in [0.5, 0.6) is 0 Å². The minimum atomic E-state index is -0.865. The maximum Gasteiger partial charge on any atom is 0.220 e. The number of rotatable bonds is 33. The van der Waals surface area contributed by atoms with Gasteiger partial charge in [0.2, 0.25) is 5.91 Å². The summed E-state index contributed by atoms with van der Waals surface area (Å²) in [5.41, 5.74) is 0. The summed E-state index contributed by atoms with van der Waals surface area (Å²) in [5, 5.41) is 22.8. The number of unbranched alkanes of at least 4 members (excludes halogenated alkanes) is 18. The number of carbonyl (C=O) groups is 1. The van der Waals surface area contributed by atoms with Gasteiger partial charge in [-0.1, -0.05) is 158 Å². The van der Waals surface area contributed by atoms with Crippen molar-refractivity contribution < 1.29 is 15.0 Å². The van der Waals surface area contributed by atoms with E-state index in [1.807, 2.05) is 6.08 Å². The molecule has 0 heterocycles. The standard InChI is InChI=1S/C41H73NO3/c1-3-5-7-9-11-13-15-16-17-18-19-20-21-22-23-24-25-26-27-29-31-33-35-37-41(45)42-39(38-43)40(44)36-34-32-30-28-14-12-10-8-6-4-2/h14-16,18-19,21-22,28,34,36,39-40,43-44H,3-13,17,20,23-27,29-33,35,37-38H2,1-2H3,(H,42,45)/b16-15-,19-18-,22-21-,28-14+,36-34+. The van der Waals surface area contributed by atoms with E-state index in [9.17, 15) is 15.0 Å². The second-order valence-electron chi connectivity index (χ2n) is 12.6. The summed E-state index contributed by atoms with van der Waals surface area (Å²) in [6, 6.07) is -0.642. The van der Waals surface area contributed by atoms with Crippen LogP contribution in [0.25, 0.3) is 0 Å². The Hall–Kier alpha value is -1.91. The highest BCUT2D eigenvalue weighted by atomic mass is 16.3. The maximum absolute atomic E-state index is 12.3. The Morgan fingerprint density at radius 3 is 1.47 bits per heavy atom. The Morgan fingerprint density at radius 2 is 0.933 bits per heavy atom. The quantitative estimate of drug-likeness (QED) is 0.0501. The van der Waals surface area contributed by atoms with E-state index in [4.69, 9.17) is 0 Å². The number of carbonyl (C=O) groups excluding carboxylic acids is 1. The number of aliphatic hydroxyl groups excluding tert-OH is 2. The first-order valence-electron chi connectivity index (χ1n) is 19.0. The molecule has 3 N–H and O–H groups in total. The van der Waals surface area contributed by atoms with Crippen LogP contribution in [0.3, 0.4) is 0 Å². The van der Waals surface area contributed by atoms with E-state index in [0.717, 1.165) is 51.4 Å². The molecule has 0 aliphatic rings. The average Bonchev–Trinajstić information content (AvgIpc) is 3.04. The summed E-state index contributed by atoms with van der Waals surface area (Å²) < 4.78 is 0. The zero-order valence-electron chi connectivity index (χ0n) is 29.6. The molecule has 0 saturated heterocycles. The third kappa shape index (κ3) is 33.3. The number of hydrogen-bond acceptors (Lipinski definition) is 3. The van der Waals surface area contributed by atoms with Crippen LogP contribution in [0.15, 0.2) is 60.8 Å². The number of aliphatic hydroxyl groups is 2. The molecule has 260 valence electrons. The van der Waals surface area contributed by atoms with Gasteiger partial charge < -0.3 is 15.5 Å². The van der Waals surface area contributed by atoms with Crippen LogP contribution in [0.1, 0.15) is 174 Å². The SMILES string of the molecule is CCCCCC/C=C/CC/C=C/C(O)C(CO)NC(=O)CCCCCCCCCC/C=C\C/C=C\C/C=C\CCCCCCC. The van der Waals surface area contributed by atoms with Gasteiger partial charge in [0.05, 0.1) is 18.8 Å². The highest BCUT2D eigenvalue weighted by molar-refractivity contribution is 5.76. The van der Waals surface area contributed by atoms with E-state index >= 15 is 0 Å².